The average molecular weight is 407 g/mol. The second-order valence-electron chi connectivity index (χ2n) is 5.20. The van der Waals surface area contributed by atoms with Crippen LogP contribution in [0.1, 0.15) is 12.0 Å². The van der Waals surface area contributed by atoms with Crippen molar-refractivity contribution >= 4 is 33.2 Å². The van der Waals surface area contributed by atoms with Crippen molar-refractivity contribution < 1.29 is 26.4 Å². The highest BCUT2D eigenvalue weighted by molar-refractivity contribution is 7.89. The molecular weight excluding hydrogens is 393 g/mol. The Labute approximate surface area is 153 Å². The van der Waals surface area contributed by atoms with Gasteiger partial charge in [-0.05, 0) is 30.3 Å². The van der Waals surface area contributed by atoms with Crippen molar-refractivity contribution in [3.63, 3.8) is 0 Å². The van der Waals surface area contributed by atoms with Gasteiger partial charge in [0.05, 0.1) is 10.6 Å². The molecule has 10 heteroatoms. The number of hydrogen-bond donors (Lipinski definition) is 2. The molecule has 0 aliphatic heterocycles. The second kappa shape index (κ2) is 8.07. The number of rotatable bonds is 6. The van der Waals surface area contributed by atoms with Crippen LogP contribution >= 0.6 is 11.6 Å². The van der Waals surface area contributed by atoms with Crippen LogP contribution in [0.4, 0.5) is 18.9 Å². The molecule has 2 rings (SSSR count). The monoisotopic (exact) mass is 406 g/mol. The molecule has 0 fully saturated rings. The molecule has 0 atom stereocenters. The molecule has 0 saturated carbocycles. The zero-order valence-corrected chi connectivity index (χ0v) is 14.8. The number of sulfonamides is 1. The standard InChI is InChI=1S/C16H14ClF3N2O3S/c17-13-6-1-2-7-14(13)26(24,25)21-9-8-15(23)22-12-5-3-4-11(10-12)16(18,19)20/h1-7,10,21H,8-9H2,(H,22,23). The summed E-state index contributed by atoms with van der Waals surface area (Å²) < 4.78 is 64.3. The first-order chi connectivity index (χ1) is 12.1. The lowest BCUT2D eigenvalue weighted by Crippen LogP contribution is -2.28. The van der Waals surface area contributed by atoms with Crippen molar-refractivity contribution in [2.75, 3.05) is 11.9 Å². The second-order valence-corrected chi connectivity index (χ2v) is 7.35. The number of benzene rings is 2. The van der Waals surface area contributed by atoms with E-state index in [4.69, 9.17) is 11.6 Å². The van der Waals surface area contributed by atoms with Crippen molar-refractivity contribution in [2.45, 2.75) is 17.5 Å². The van der Waals surface area contributed by atoms with E-state index < -0.39 is 27.7 Å². The first-order valence-electron chi connectivity index (χ1n) is 7.31. The van der Waals surface area contributed by atoms with Crippen molar-refractivity contribution in [3.8, 4) is 0 Å². The Kier molecular flexibility index (Phi) is 6.27. The predicted octanol–water partition coefficient (Wildman–Crippen LogP) is 3.67. The molecule has 0 heterocycles. The van der Waals surface area contributed by atoms with Gasteiger partial charge in [0.1, 0.15) is 4.90 Å². The third kappa shape index (κ3) is 5.45. The number of hydrogen-bond acceptors (Lipinski definition) is 3. The van der Waals surface area contributed by atoms with Crippen LogP contribution in [-0.4, -0.2) is 20.9 Å². The van der Waals surface area contributed by atoms with Crippen LogP contribution in [0, 0.1) is 0 Å². The first kappa shape index (κ1) is 20.2. The molecule has 0 spiro atoms. The minimum atomic E-state index is -4.52. The molecule has 2 aromatic rings. The van der Waals surface area contributed by atoms with E-state index in [0.29, 0.717) is 0 Å². The normalized spacial score (nSPS) is 12.0. The smallest absolute Gasteiger partial charge is 0.326 e. The summed E-state index contributed by atoms with van der Waals surface area (Å²) in [5.41, 5.74) is -0.923. The van der Waals surface area contributed by atoms with Crippen molar-refractivity contribution in [2.24, 2.45) is 0 Å². The molecule has 0 aliphatic rings. The van der Waals surface area contributed by atoms with Crippen LogP contribution in [0.5, 0.6) is 0 Å². The average Bonchev–Trinajstić information content (AvgIpc) is 2.54. The Bertz CT molecular complexity index is 902. The lowest BCUT2D eigenvalue weighted by molar-refractivity contribution is -0.137. The van der Waals surface area contributed by atoms with Gasteiger partial charge in [-0.3, -0.25) is 4.79 Å². The van der Waals surface area contributed by atoms with Crippen molar-refractivity contribution in [1.29, 1.82) is 0 Å². The van der Waals surface area contributed by atoms with Gasteiger partial charge >= 0.3 is 6.18 Å². The van der Waals surface area contributed by atoms with Gasteiger partial charge in [0.25, 0.3) is 0 Å². The summed E-state index contributed by atoms with van der Waals surface area (Å²) in [4.78, 5) is 11.7. The highest BCUT2D eigenvalue weighted by Crippen LogP contribution is 2.30. The number of carbonyl (C=O) groups excluding carboxylic acids is 1. The number of nitrogens with one attached hydrogen (secondary N) is 2. The third-order valence-corrected chi connectivity index (χ3v) is 5.20. The summed E-state index contributed by atoms with van der Waals surface area (Å²) in [5, 5.41) is 2.33. The molecule has 0 saturated heterocycles. The van der Waals surface area contributed by atoms with Crippen LogP contribution in [0.2, 0.25) is 5.02 Å². The fourth-order valence-electron chi connectivity index (χ4n) is 2.04. The van der Waals surface area contributed by atoms with E-state index in [1.807, 2.05) is 0 Å². The fraction of sp³-hybridized carbons (Fsp3) is 0.188. The van der Waals surface area contributed by atoms with Gasteiger partial charge in [0.15, 0.2) is 0 Å². The van der Waals surface area contributed by atoms with E-state index in [0.717, 1.165) is 12.1 Å². The number of carbonyl (C=O) groups is 1. The van der Waals surface area contributed by atoms with Gasteiger partial charge in [-0.15, -0.1) is 0 Å². The van der Waals surface area contributed by atoms with Crippen LogP contribution in [-0.2, 0) is 21.0 Å². The molecule has 26 heavy (non-hydrogen) atoms. The summed E-state index contributed by atoms with van der Waals surface area (Å²) in [5.74, 6) is -0.633. The number of amides is 1. The highest BCUT2D eigenvalue weighted by atomic mass is 35.5. The molecule has 0 bridgehead atoms. The summed E-state index contributed by atoms with van der Waals surface area (Å²) in [6, 6.07) is 9.95. The van der Waals surface area contributed by atoms with Gasteiger partial charge in [-0.25, -0.2) is 13.1 Å². The Morgan fingerprint density at radius 2 is 1.77 bits per heavy atom. The molecule has 0 unspecified atom stereocenters. The maximum atomic E-state index is 12.6. The summed E-state index contributed by atoms with van der Waals surface area (Å²) >= 11 is 5.82. The minimum absolute atomic E-state index is 0.0289. The van der Waals surface area contributed by atoms with Crippen molar-refractivity contribution in [3.05, 3.63) is 59.1 Å². The number of anilines is 1. The van der Waals surface area contributed by atoms with Crippen LogP contribution in [0.3, 0.4) is 0 Å². The lowest BCUT2D eigenvalue weighted by atomic mass is 10.2. The minimum Gasteiger partial charge on any atom is -0.326 e. The van der Waals surface area contributed by atoms with Gasteiger partial charge < -0.3 is 5.32 Å². The van der Waals surface area contributed by atoms with E-state index in [1.165, 1.54) is 30.3 Å². The maximum absolute atomic E-state index is 12.6. The van der Waals surface area contributed by atoms with Gasteiger partial charge in [0, 0.05) is 18.7 Å². The lowest BCUT2D eigenvalue weighted by Gasteiger charge is -2.10. The van der Waals surface area contributed by atoms with E-state index >= 15 is 0 Å². The van der Waals surface area contributed by atoms with E-state index in [9.17, 15) is 26.4 Å². The van der Waals surface area contributed by atoms with Crippen LogP contribution in [0.25, 0.3) is 0 Å². The Morgan fingerprint density at radius 1 is 1.08 bits per heavy atom. The molecule has 2 aromatic carbocycles. The largest absolute Gasteiger partial charge is 0.416 e. The molecule has 140 valence electrons. The Hall–Kier alpha value is -2.10. The fourth-order valence-corrected chi connectivity index (χ4v) is 3.59. The molecule has 2 N–H and O–H groups in total. The Morgan fingerprint density at radius 3 is 2.42 bits per heavy atom. The molecule has 0 aliphatic carbocycles. The van der Waals surface area contributed by atoms with E-state index in [2.05, 4.69) is 10.0 Å². The Balaban J connectivity index is 1.93. The first-order valence-corrected chi connectivity index (χ1v) is 9.17. The van der Waals surface area contributed by atoms with Crippen molar-refractivity contribution in [1.82, 2.24) is 4.72 Å². The number of alkyl halides is 3. The van der Waals surface area contributed by atoms with Crippen LogP contribution < -0.4 is 10.0 Å². The maximum Gasteiger partial charge on any atom is 0.416 e. The third-order valence-electron chi connectivity index (χ3n) is 3.24. The number of halogens is 4. The van der Waals surface area contributed by atoms with Gasteiger partial charge in [0.2, 0.25) is 15.9 Å². The molecule has 0 radical (unpaired) electrons. The zero-order valence-electron chi connectivity index (χ0n) is 13.2. The van der Waals surface area contributed by atoms with E-state index in [1.54, 1.807) is 6.07 Å². The quantitative estimate of drug-likeness (QED) is 0.768. The van der Waals surface area contributed by atoms with Gasteiger partial charge in [-0.2, -0.15) is 13.2 Å². The summed E-state index contributed by atoms with van der Waals surface area (Å²) in [6.07, 6.45) is -4.79. The molecule has 1 amide bonds. The SMILES string of the molecule is O=C(CCNS(=O)(=O)c1ccccc1Cl)Nc1cccc(C(F)(F)F)c1. The highest BCUT2D eigenvalue weighted by Gasteiger charge is 2.30. The molecule has 5 nitrogen and oxygen atoms in total. The topological polar surface area (TPSA) is 75.3 Å². The van der Waals surface area contributed by atoms with E-state index in [-0.39, 0.29) is 28.6 Å². The molecule has 0 aromatic heterocycles. The summed E-state index contributed by atoms with van der Waals surface area (Å²) in [6.45, 7) is -0.238. The van der Waals surface area contributed by atoms with Gasteiger partial charge in [-0.1, -0.05) is 29.8 Å². The predicted molar refractivity (Wildman–Crippen MR) is 91.3 cm³/mol. The van der Waals surface area contributed by atoms with Crippen LogP contribution in [0.15, 0.2) is 53.4 Å². The molecular formula is C16H14ClF3N2O3S. The summed E-state index contributed by atoms with van der Waals surface area (Å²) in [7, 11) is -3.90. The zero-order chi connectivity index (χ0) is 19.4.